The molecule has 2 fully saturated rings. The van der Waals surface area contributed by atoms with Crippen LogP contribution in [0.2, 0.25) is 0 Å². The number of halogens is 1. The van der Waals surface area contributed by atoms with E-state index < -0.39 is 0 Å². The predicted octanol–water partition coefficient (Wildman–Crippen LogP) is 2.56. The highest BCUT2D eigenvalue weighted by Gasteiger charge is 2.33. The van der Waals surface area contributed by atoms with Crippen molar-refractivity contribution in [3.8, 4) is 5.88 Å². The third-order valence-electron chi connectivity index (χ3n) is 4.08. The van der Waals surface area contributed by atoms with E-state index in [1.807, 2.05) is 12.1 Å². The average molecular weight is 416 g/mol. The van der Waals surface area contributed by atoms with Crippen LogP contribution in [0.3, 0.4) is 0 Å². The van der Waals surface area contributed by atoms with Gasteiger partial charge in [-0.2, -0.15) is 0 Å². The highest BCUT2D eigenvalue weighted by atomic mass is 127. The Kier molecular flexibility index (Phi) is 6.28. The lowest BCUT2D eigenvalue weighted by Crippen LogP contribution is -2.38. The van der Waals surface area contributed by atoms with E-state index >= 15 is 0 Å². The molecule has 0 aliphatic heterocycles. The van der Waals surface area contributed by atoms with E-state index in [2.05, 4.69) is 27.5 Å². The van der Waals surface area contributed by atoms with Gasteiger partial charge < -0.3 is 15.4 Å². The van der Waals surface area contributed by atoms with Crippen LogP contribution >= 0.6 is 24.0 Å². The van der Waals surface area contributed by atoms with Crippen LogP contribution in [0.15, 0.2) is 23.3 Å². The van der Waals surface area contributed by atoms with Gasteiger partial charge in [0.1, 0.15) is 0 Å². The molecular weight excluding hydrogens is 391 g/mol. The molecule has 5 nitrogen and oxygen atoms in total. The van der Waals surface area contributed by atoms with Crippen LogP contribution in [0, 0.1) is 11.8 Å². The topological polar surface area (TPSA) is 58.5 Å². The van der Waals surface area contributed by atoms with Crippen molar-refractivity contribution in [2.24, 2.45) is 16.8 Å². The van der Waals surface area contributed by atoms with Crippen molar-refractivity contribution < 1.29 is 4.74 Å². The van der Waals surface area contributed by atoms with E-state index in [0.29, 0.717) is 6.04 Å². The number of nitrogens with one attached hydrogen (secondary N) is 2. The molecule has 0 amide bonds. The van der Waals surface area contributed by atoms with E-state index in [9.17, 15) is 0 Å². The summed E-state index contributed by atoms with van der Waals surface area (Å²) in [5.41, 5.74) is 1.16. The minimum atomic E-state index is 0. The second-order valence-electron chi connectivity index (χ2n) is 6.15. The maximum atomic E-state index is 5.71. The van der Waals surface area contributed by atoms with Crippen LogP contribution in [-0.2, 0) is 6.54 Å². The van der Waals surface area contributed by atoms with Gasteiger partial charge in [0.15, 0.2) is 5.96 Å². The fraction of sp³-hybridized carbons (Fsp3) is 0.625. The first-order chi connectivity index (χ1) is 10.2. The van der Waals surface area contributed by atoms with E-state index in [4.69, 9.17) is 4.74 Å². The third-order valence-corrected chi connectivity index (χ3v) is 4.08. The van der Waals surface area contributed by atoms with Gasteiger partial charge in [0.25, 0.3) is 0 Å². The molecule has 122 valence electrons. The molecule has 0 bridgehead atoms. The molecule has 22 heavy (non-hydrogen) atoms. The molecule has 0 radical (unpaired) electrons. The molecule has 0 saturated heterocycles. The van der Waals surface area contributed by atoms with Crippen LogP contribution in [0.4, 0.5) is 0 Å². The van der Waals surface area contributed by atoms with E-state index in [1.165, 1.54) is 19.3 Å². The van der Waals surface area contributed by atoms with Gasteiger partial charge in [0, 0.05) is 31.9 Å². The average Bonchev–Trinajstić information content (AvgIpc) is 3.41. The van der Waals surface area contributed by atoms with E-state index in [-0.39, 0.29) is 24.0 Å². The van der Waals surface area contributed by atoms with Gasteiger partial charge >= 0.3 is 0 Å². The second-order valence-corrected chi connectivity index (χ2v) is 6.15. The minimum absolute atomic E-state index is 0. The highest BCUT2D eigenvalue weighted by molar-refractivity contribution is 14.0. The van der Waals surface area contributed by atoms with Crippen molar-refractivity contribution in [2.45, 2.75) is 38.8 Å². The summed E-state index contributed by atoms with van der Waals surface area (Å²) in [5, 5.41) is 6.75. The van der Waals surface area contributed by atoms with Crippen LogP contribution in [0.25, 0.3) is 0 Å². The number of aliphatic imine (C=N–C) groups is 1. The Morgan fingerprint density at radius 1 is 1.45 bits per heavy atom. The third kappa shape index (κ3) is 5.30. The number of rotatable bonds is 6. The summed E-state index contributed by atoms with van der Waals surface area (Å²) in [6.07, 6.45) is 5.62. The Morgan fingerprint density at radius 3 is 2.86 bits per heavy atom. The van der Waals surface area contributed by atoms with E-state index in [0.717, 1.165) is 42.4 Å². The Morgan fingerprint density at radius 2 is 2.23 bits per heavy atom. The molecule has 0 spiro atoms. The number of hydrogen-bond donors (Lipinski definition) is 2. The molecule has 2 saturated carbocycles. The summed E-state index contributed by atoms with van der Waals surface area (Å²) in [7, 11) is 1.80. The van der Waals surface area contributed by atoms with Crippen molar-refractivity contribution in [1.29, 1.82) is 0 Å². The SMILES string of the molecule is CN=C(NCc1ccnc(OCC2CC2)c1)NC1CC1C.I. The van der Waals surface area contributed by atoms with Gasteiger partial charge in [-0.15, -0.1) is 24.0 Å². The quantitative estimate of drug-likeness (QED) is 0.425. The predicted molar refractivity (Wildman–Crippen MR) is 98.8 cm³/mol. The summed E-state index contributed by atoms with van der Waals surface area (Å²) in [4.78, 5) is 8.51. The zero-order valence-corrected chi connectivity index (χ0v) is 15.5. The van der Waals surface area contributed by atoms with Gasteiger partial charge in [-0.3, -0.25) is 4.99 Å². The smallest absolute Gasteiger partial charge is 0.213 e. The number of guanidine groups is 1. The molecule has 6 heteroatoms. The van der Waals surface area contributed by atoms with Crippen molar-refractivity contribution in [2.75, 3.05) is 13.7 Å². The molecule has 2 unspecified atom stereocenters. The summed E-state index contributed by atoms with van der Waals surface area (Å²) in [6, 6.07) is 4.58. The molecule has 0 aromatic carbocycles. The zero-order valence-electron chi connectivity index (χ0n) is 13.2. The minimum Gasteiger partial charge on any atom is -0.477 e. The Hall–Kier alpha value is -1.05. The van der Waals surface area contributed by atoms with Gasteiger partial charge in [-0.1, -0.05) is 6.92 Å². The molecule has 1 aromatic heterocycles. The number of aromatic nitrogens is 1. The molecule has 2 N–H and O–H groups in total. The summed E-state index contributed by atoms with van der Waals surface area (Å²) in [5.74, 6) is 3.09. The first-order valence-electron chi connectivity index (χ1n) is 7.79. The Bertz CT molecular complexity index is 519. The monoisotopic (exact) mass is 416 g/mol. The molecule has 2 atom stereocenters. The number of pyridine rings is 1. The molecule has 1 heterocycles. The van der Waals surface area contributed by atoms with Crippen molar-refractivity contribution >= 4 is 29.9 Å². The maximum Gasteiger partial charge on any atom is 0.213 e. The molecule has 1 aromatic rings. The van der Waals surface area contributed by atoms with Crippen LogP contribution in [0.5, 0.6) is 5.88 Å². The Labute approximate surface area is 149 Å². The molecule has 2 aliphatic carbocycles. The summed E-state index contributed by atoms with van der Waals surface area (Å²) >= 11 is 0. The Balaban J connectivity index is 0.00000176. The number of hydrogen-bond acceptors (Lipinski definition) is 3. The number of nitrogens with zero attached hydrogens (tertiary/aromatic N) is 2. The van der Waals surface area contributed by atoms with Gasteiger partial charge in [-0.25, -0.2) is 4.98 Å². The lowest BCUT2D eigenvalue weighted by atomic mass is 10.2. The molecule has 3 rings (SSSR count). The normalized spacial score (nSPS) is 23.5. The van der Waals surface area contributed by atoms with Crippen molar-refractivity contribution in [1.82, 2.24) is 15.6 Å². The first-order valence-corrected chi connectivity index (χ1v) is 7.79. The second kappa shape index (κ2) is 7.99. The summed E-state index contributed by atoms with van der Waals surface area (Å²) in [6.45, 7) is 3.77. The molecule has 2 aliphatic rings. The molecular formula is C16H25IN4O. The van der Waals surface area contributed by atoms with Crippen LogP contribution in [0.1, 0.15) is 31.7 Å². The van der Waals surface area contributed by atoms with Crippen LogP contribution in [-0.4, -0.2) is 30.6 Å². The van der Waals surface area contributed by atoms with E-state index in [1.54, 1.807) is 13.2 Å². The van der Waals surface area contributed by atoms with Gasteiger partial charge in [0.2, 0.25) is 5.88 Å². The lowest BCUT2D eigenvalue weighted by molar-refractivity contribution is 0.288. The fourth-order valence-electron chi connectivity index (χ4n) is 2.21. The van der Waals surface area contributed by atoms with Gasteiger partial charge in [0.05, 0.1) is 6.61 Å². The first kappa shape index (κ1) is 17.3. The van der Waals surface area contributed by atoms with Gasteiger partial charge in [-0.05, 0) is 42.7 Å². The highest BCUT2D eigenvalue weighted by Crippen LogP contribution is 2.29. The van der Waals surface area contributed by atoms with Crippen LogP contribution < -0.4 is 15.4 Å². The zero-order chi connectivity index (χ0) is 14.7. The number of ether oxygens (including phenoxy) is 1. The van der Waals surface area contributed by atoms with Crippen molar-refractivity contribution in [3.05, 3.63) is 23.9 Å². The largest absolute Gasteiger partial charge is 0.477 e. The fourth-order valence-corrected chi connectivity index (χ4v) is 2.21. The van der Waals surface area contributed by atoms with Crippen molar-refractivity contribution in [3.63, 3.8) is 0 Å². The summed E-state index contributed by atoms with van der Waals surface area (Å²) < 4.78 is 5.71. The maximum absolute atomic E-state index is 5.71. The lowest BCUT2D eigenvalue weighted by Gasteiger charge is -2.12. The standard InChI is InChI=1S/C16H24N4O.HI/c1-11-7-14(11)20-16(17-2)19-9-13-5-6-18-15(8-13)21-10-12-3-4-12;/h5-6,8,11-12,14H,3-4,7,9-10H2,1-2H3,(H2,17,19,20);1H.